The average molecular weight is 385 g/mol. The maximum atomic E-state index is 2.42. The Morgan fingerprint density at radius 3 is 2.50 bits per heavy atom. The summed E-state index contributed by atoms with van der Waals surface area (Å²) >= 11 is 0. The van der Waals surface area contributed by atoms with Gasteiger partial charge in [0, 0.05) is 11.8 Å². The minimum atomic E-state index is 0.332. The van der Waals surface area contributed by atoms with Gasteiger partial charge in [0.1, 0.15) is 0 Å². The third kappa shape index (κ3) is 2.75. The molecule has 0 saturated carbocycles. The van der Waals surface area contributed by atoms with Crippen molar-refractivity contribution >= 4 is 16.3 Å². The Labute approximate surface area is 178 Å². The van der Waals surface area contributed by atoms with E-state index in [9.17, 15) is 0 Å². The monoisotopic (exact) mass is 384 g/mol. The van der Waals surface area contributed by atoms with Crippen LogP contribution in [0.5, 0.6) is 0 Å². The van der Waals surface area contributed by atoms with Gasteiger partial charge in [-0.05, 0) is 57.0 Å². The topological polar surface area (TPSA) is 0 Å². The molecule has 3 aliphatic carbocycles. The molecule has 0 N–H and O–H groups in total. The fourth-order valence-electron chi connectivity index (χ4n) is 5.35. The van der Waals surface area contributed by atoms with Crippen LogP contribution in [0.1, 0.15) is 35.4 Å². The summed E-state index contributed by atoms with van der Waals surface area (Å²) in [7, 11) is 0. The number of rotatable bonds is 2. The van der Waals surface area contributed by atoms with Gasteiger partial charge in [-0.1, -0.05) is 109 Å². The second-order valence-electron chi connectivity index (χ2n) is 8.41. The van der Waals surface area contributed by atoms with E-state index in [0.717, 1.165) is 12.8 Å². The predicted molar refractivity (Wildman–Crippen MR) is 127 cm³/mol. The summed E-state index contributed by atoms with van der Waals surface area (Å²) in [5, 5.41) is 2.62. The Kier molecular flexibility index (Phi) is 4.16. The van der Waals surface area contributed by atoms with Gasteiger partial charge in [-0.25, -0.2) is 0 Å². The first-order valence-corrected chi connectivity index (χ1v) is 10.9. The molecule has 6 rings (SSSR count). The van der Waals surface area contributed by atoms with Crippen LogP contribution in [0.15, 0.2) is 120 Å². The van der Waals surface area contributed by atoms with Crippen molar-refractivity contribution in [2.75, 3.05) is 0 Å². The molecule has 144 valence electrons. The van der Waals surface area contributed by atoms with E-state index in [1.165, 1.54) is 44.2 Å². The molecular formula is C30H24. The van der Waals surface area contributed by atoms with Gasteiger partial charge in [-0.3, -0.25) is 0 Å². The molecule has 0 bridgehead atoms. The van der Waals surface area contributed by atoms with Crippen LogP contribution in [0.2, 0.25) is 0 Å². The molecule has 3 aromatic carbocycles. The number of hydrogen-bond donors (Lipinski definition) is 0. The van der Waals surface area contributed by atoms with Gasteiger partial charge in [-0.2, -0.15) is 0 Å². The lowest BCUT2D eigenvalue weighted by Gasteiger charge is -2.37. The van der Waals surface area contributed by atoms with E-state index in [4.69, 9.17) is 0 Å². The van der Waals surface area contributed by atoms with Gasteiger partial charge in [0.2, 0.25) is 0 Å². The summed E-state index contributed by atoms with van der Waals surface area (Å²) in [5.74, 6) is 0.691. The van der Waals surface area contributed by atoms with Crippen molar-refractivity contribution in [3.05, 3.63) is 137 Å². The van der Waals surface area contributed by atoms with E-state index in [-0.39, 0.29) is 0 Å². The lowest BCUT2D eigenvalue weighted by atomic mass is 9.66. The van der Waals surface area contributed by atoms with Crippen molar-refractivity contribution in [1.29, 1.82) is 0 Å². The normalized spacial score (nSPS) is 22.1. The maximum Gasteiger partial charge on any atom is 0.0199 e. The van der Waals surface area contributed by atoms with Gasteiger partial charge < -0.3 is 0 Å². The molecule has 2 unspecified atom stereocenters. The molecule has 0 fully saturated rings. The van der Waals surface area contributed by atoms with Crippen molar-refractivity contribution < 1.29 is 0 Å². The lowest BCUT2D eigenvalue weighted by Crippen LogP contribution is -2.23. The smallest absolute Gasteiger partial charge is 0.0199 e. The number of benzene rings is 3. The first kappa shape index (κ1) is 17.5. The Morgan fingerprint density at radius 1 is 0.733 bits per heavy atom. The number of allylic oxidation sites excluding steroid dienone is 10. The minimum Gasteiger partial charge on any atom is -0.0836 e. The molecular weight excluding hydrogens is 360 g/mol. The Hall–Kier alpha value is -3.38. The Balaban J connectivity index is 1.60. The maximum absolute atomic E-state index is 2.42. The molecule has 3 aromatic rings. The Morgan fingerprint density at radius 2 is 1.60 bits per heavy atom. The van der Waals surface area contributed by atoms with Gasteiger partial charge in [0.25, 0.3) is 0 Å². The molecule has 0 radical (unpaired) electrons. The zero-order chi connectivity index (χ0) is 19.9. The third-order valence-electron chi connectivity index (χ3n) is 6.69. The third-order valence-corrected chi connectivity index (χ3v) is 6.69. The summed E-state index contributed by atoms with van der Waals surface area (Å²) in [4.78, 5) is 0. The van der Waals surface area contributed by atoms with Crippen molar-refractivity contribution in [2.24, 2.45) is 5.92 Å². The lowest BCUT2D eigenvalue weighted by molar-refractivity contribution is 0.649. The molecule has 0 heterocycles. The van der Waals surface area contributed by atoms with E-state index >= 15 is 0 Å². The highest BCUT2D eigenvalue weighted by Gasteiger charge is 2.35. The summed E-state index contributed by atoms with van der Waals surface area (Å²) < 4.78 is 0. The molecule has 0 amide bonds. The number of hydrogen-bond acceptors (Lipinski definition) is 0. The largest absolute Gasteiger partial charge is 0.0836 e. The predicted octanol–water partition coefficient (Wildman–Crippen LogP) is 7.76. The van der Waals surface area contributed by atoms with Crippen molar-refractivity contribution in [3.63, 3.8) is 0 Å². The fraction of sp³-hybridized carbons (Fsp3) is 0.133. The molecule has 30 heavy (non-hydrogen) atoms. The standard InChI is InChI=1S/C30H24/c1-2-11-22(12-3-1)29-25-14-6-8-16-27(25)30(28-17-9-7-15-26(28)29)24-19-18-21-10-4-5-13-23(21)20-24/h2,4-20,27,30H,1,3H2. The fourth-order valence-corrected chi connectivity index (χ4v) is 5.35. The van der Waals surface area contributed by atoms with E-state index < -0.39 is 0 Å². The zero-order valence-electron chi connectivity index (χ0n) is 17.0. The highest BCUT2D eigenvalue weighted by Crippen LogP contribution is 2.50. The highest BCUT2D eigenvalue weighted by molar-refractivity contribution is 5.90. The second-order valence-corrected chi connectivity index (χ2v) is 8.41. The second kappa shape index (κ2) is 7.15. The SMILES string of the molecule is C1=CC2=C(C3=CCCC=C3)c3ccccc3C(c3ccc4ccccc4c3)C2C=C1. The van der Waals surface area contributed by atoms with E-state index in [2.05, 4.69) is 109 Å². The van der Waals surface area contributed by atoms with Crippen LogP contribution in [-0.4, -0.2) is 0 Å². The van der Waals surface area contributed by atoms with Gasteiger partial charge >= 0.3 is 0 Å². The molecule has 0 nitrogen and oxygen atoms in total. The Bertz CT molecular complexity index is 1290. The molecule has 0 spiro atoms. The molecule has 0 saturated heterocycles. The first-order valence-electron chi connectivity index (χ1n) is 10.9. The van der Waals surface area contributed by atoms with Crippen molar-refractivity contribution in [1.82, 2.24) is 0 Å². The molecule has 3 aliphatic rings. The number of fused-ring (bicyclic) bond motifs is 3. The van der Waals surface area contributed by atoms with E-state index in [1.54, 1.807) is 0 Å². The van der Waals surface area contributed by atoms with E-state index in [0.29, 0.717) is 11.8 Å². The van der Waals surface area contributed by atoms with Crippen LogP contribution in [-0.2, 0) is 0 Å². The van der Waals surface area contributed by atoms with Crippen LogP contribution in [0.25, 0.3) is 16.3 Å². The minimum absolute atomic E-state index is 0.332. The van der Waals surface area contributed by atoms with Crippen LogP contribution in [0.4, 0.5) is 0 Å². The van der Waals surface area contributed by atoms with Crippen LogP contribution in [0, 0.1) is 5.92 Å². The van der Waals surface area contributed by atoms with Gasteiger partial charge in [-0.15, -0.1) is 0 Å². The molecule has 0 aromatic heterocycles. The molecule has 0 heteroatoms. The summed E-state index contributed by atoms with van der Waals surface area (Å²) in [6.07, 6.45) is 18.5. The zero-order valence-corrected chi connectivity index (χ0v) is 17.0. The van der Waals surface area contributed by atoms with Crippen LogP contribution in [0.3, 0.4) is 0 Å². The van der Waals surface area contributed by atoms with Gasteiger partial charge in [0.05, 0.1) is 0 Å². The van der Waals surface area contributed by atoms with Gasteiger partial charge in [0.15, 0.2) is 0 Å². The van der Waals surface area contributed by atoms with Crippen molar-refractivity contribution in [2.45, 2.75) is 18.8 Å². The highest BCUT2D eigenvalue weighted by atomic mass is 14.4. The van der Waals surface area contributed by atoms with E-state index in [1.807, 2.05) is 0 Å². The van der Waals surface area contributed by atoms with Crippen LogP contribution < -0.4 is 0 Å². The molecule has 0 aliphatic heterocycles. The summed E-state index contributed by atoms with van der Waals surface area (Å²) in [6.45, 7) is 0. The molecule has 2 atom stereocenters. The summed E-state index contributed by atoms with van der Waals surface area (Å²) in [5.41, 5.74) is 8.48. The van der Waals surface area contributed by atoms with Crippen molar-refractivity contribution in [3.8, 4) is 0 Å². The first-order chi connectivity index (χ1) is 14.9. The average Bonchev–Trinajstić information content (AvgIpc) is 2.82. The quantitative estimate of drug-likeness (QED) is 0.423. The van der Waals surface area contributed by atoms with Crippen LogP contribution >= 0.6 is 0 Å². The summed E-state index contributed by atoms with van der Waals surface area (Å²) in [6, 6.07) is 24.7.